The van der Waals surface area contributed by atoms with Crippen LogP contribution in [0.2, 0.25) is 5.02 Å². The summed E-state index contributed by atoms with van der Waals surface area (Å²) in [5.41, 5.74) is 2.29. The van der Waals surface area contributed by atoms with Crippen molar-refractivity contribution >= 4 is 11.6 Å². The van der Waals surface area contributed by atoms with E-state index in [-0.39, 0.29) is 0 Å². The molecule has 0 aliphatic carbocycles. The minimum absolute atomic E-state index is 0.336. The number of rotatable bonds is 13. The topological polar surface area (TPSA) is 61.5 Å². The first-order valence-corrected chi connectivity index (χ1v) is 12.2. The maximum absolute atomic E-state index is 6.92. The number of benzene rings is 3. The number of ether oxygens (including phenoxy) is 5. The molecule has 3 aromatic rings. The maximum Gasteiger partial charge on any atom is 0.180 e. The van der Waals surface area contributed by atoms with Gasteiger partial charge < -0.3 is 23.7 Å². The average Bonchev–Trinajstić information content (AvgIpc) is 3.68. The van der Waals surface area contributed by atoms with Crippen LogP contribution in [0.3, 0.4) is 0 Å². The third kappa shape index (κ3) is 6.20. The lowest BCUT2D eigenvalue weighted by Gasteiger charge is -2.20. The van der Waals surface area contributed by atoms with Crippen molar-refractivity contribution in [2.45, 2.75) is 38.7 Å². The van der Waals surface area contributed by atoms with E-state index >= 15 is 0 Å². The summed E-state index contributed by atoms with van der Waals surface area (Å²) in [5.74, 6) is 2.67. The lowest BCUT2D eigenvalue weighted by Crippen LogP contribution is -2.31. The molecule has 0 spiro atoms. The van der Waals surface area contributed by atoms with Gasteiger partial charge >= 0.3 is 0 Å². The van der Waals surface area contributed by atoms with Gasteiger partial charge in [0.05, 0.1) is 25.8 Å². The van der Waals surface area contributed by atoms with Crippen molar-refractivity contribution in [1.29, 1.82) is 0 Å². The van der Waals surface area contributed by atoms with Gasteiger partial charge in [-0.3, -0.25) is 5.32 Å². The van der Waals surface area contributed by atoms with Gasteiger partial charge in [-0.15, -0.1) is 0 Å². The van der Waals surface area contributed by atoms with E-state index in [0.717, 1.165) is 47.6 Å². The fourth-order valence-electron chi connectivity index (χ4n) is 3.75. The number of hydrogen-bond donors (Lipinski definition) is 1. The van der Waals surface area contributed by atoms with Crippen LogP contribution in [0.15, 0.2) is 60.7 Å². The molecule has 0 amide bonds. The quantitative estimate of drug-likeness (QED) is 0.228. The lowest BCUT2D eigenvalue weighted by atomic mass is 10.1. The first kappa shape index (κ1) is 25.2. The Morgan fingerprint density at radius 1 is 0.857 bits per heavy atom. The summed E-state index contributed by atoms with van der Waals surface area (Å²) in [4.78, 5) is 0. The molecule has 186 valence electrons. The Hall–Kier alpha value is -2.93. The van der Waals surface area contributed by atoms with Gasteiger partial charge in [0.25, 0.3) is 0 Å². The van der Waals surface area contributed by atoms with Crippen LogP contribution in [0.5, 0.6) is 23.0 Å². The van der Waals surface area contributed by atoms with Crippen molar-refractivity contribution in [2.75, 3.05) is 27.4 Å². The van der Waals surface area contributed by atoms with E-state index < -0.39 is 5.72 Å². The van der Waals surface area contributed by atoms with Gasteiger partial charge in [0, 0.05) is 5.56 Å². The normalized spacial score (nSPS) is 16.6. The Kier molecular flexibility index (Phi) is 8.39. The lowest BCUT2D eigenvalue weighted by molar-refractivity contribution is 0.246. The van der Waals surface area contributed by atoms with Crippen LogP contribution >= 0.6 is 11.6 Å². The van der Waals surface area contributed by atoms with Crippen molar-refractivity contribution < 1.29 is 23.7 Å². The molecule has 0 saturated carbocycles. The van der Waals surface area contributed by atoms with E-state index in [0.29, 0.717) is 36.3 Å². The molecular formula is C28H32ClNO5. The fourth-order valence-corrected chi connectivity index (χ4v) is 4.11. The molecule has 1 aliphatic rings. The SMILES string of the molecule is CCCCNC1(c2ccc(OCc3ccc(OC)cc3)c(OCc3ccc(OC)cc3)c2Cl)CO1. The monoisotopic (exact) mass is 497 g/mol. The summed E-state index contributed by atoms with van der Waals surface area (Å²) in [6.07, 6.45) is 2.16. The molecule has 1 N–H and O–H groups in total. The van der Waals surface area contributed by atoms with Crippen LogP contribution in [0.4, 0.5) is 0 Å². The second-order valence-corrected chi connectivity index (χ2v) is 8.80. The molecule has 0 radical (unpaired) electrons. The molecule has 3 aromatic carbocycles. The van der Waals surface area contributed by atoms with Crippen LogP contribution in [0.25, 0.3) is 0 Å². The molecule has 1 saturated heterocycles. The maximum atomic E-state index is 6.92. The second-order valence-electron chi connectivity index (χ2n) is 8.42. The van der Waals surface area contributed by atoms with Crippen LogP contribution in [0, 0.1) is 0 Å². The zero-order valence-electron chi connectivity index (χ0n) is 20.4. The smallest absolute Gasteiger partial charge is 0.180 e. The van der Waals surface area contributed by atoms with Crippen molar-refractivity contribution in [3.05, 3.63) is 82.4 Å². The zero-order valence-corrected chi connectivity index (χ0v) is 21.2. The van der Waals surface area contributed by atoms with Crippen LogP contribution in [0.1, 0.15) is 36.5 Å². The van der Waals surface area contributed by atoms with Crippen molar-refractivity contribution in [3.8, 4) is 23.0 Å². The van der Waals surface area contributed by atoms with Crippen LogP contribution < -0.4 is 24.3 Å². The third-order valence-corrected chi connectivity index (χ3v) is 6.34. The van der Waals surface area contributed by atoms with E-state index in [1.165, 1.54) is 0 Å². The highest BCUT2D eigenvalue weighted by Crippen LogP contribution is 2.47. The van der Waals surface area contributed by atoms with Gasteiger partial charge in [-0.1, -0.05) is 49.2 Å². The predicted molar refractivity (Wildman–Crippen MR) is 137 cm³/mol. The number of hydrogen-bond acceptors (Lipinski definition) is 6. The first-order chi connectivity index (χ1) is 17.1. The first-order valence-electron chi connectivity index (χ1n) is 11.8. The minimum atomic E-state index is -0.570. The molecule has 0 bridgehead atoms. The van der Waals surface area contributed by atoms with Gasteiger partial charge in [0.15, 0.2) is 17.2 Å². The standard InChI is InChI=1S/C28H32ClNO5/c1-4-5-16-30-28(19-35-28)24-14-15-25(33-17-20-6-10-22(31-2)11-7-20)27(26(24)29)34-18-21-8-12-23(32-3)13-9-21/h6-15,30H,4-5,16-19H2,1-3H3. The highest BCUT2D eigenvalue weighted by molar-refractivity contribution is 6.33. The van der Waals surface area contributed by atoms with Crippen LogP contribution in [-0.2, 0) is 23.7 Å². The van der Waals surface area contributed by atoms with E-state index in [4.69, 9.17) is 35.3 Å². The van der Waals surface area contributed by atoms with E-state index in [9.17, 15) is 0 Å². The Bertz CT molecular complexity index is 1100. The Balaban J connectivity index is 1.56. The molecule has 6 nitrogen and oxygen atoms in total. The van der Waals surface area contributed by atoms with E-state index in [1.54, 1.807) is 14.2 Å². The van der Waals surface area contributed by atoms with E-state index in [1.807, 2.05) is 60.7 Å². The Labute approximate surface area is 212 Å². The summed E-state index contributed by atoms with van der Waals surface area (Å²) in [5, 5.41) is 3.99. The molecule has 1 fully saturated rings. The van der Waals surface area contributed by atoms with Crippen LogP contribution in [-0.4, -0.2) is 27.4 Å². The molecule has 0 aromatic heterocycles. The molecule has 1 heterocycles. The number of nitrogens with one attached hydrogen (secondary N) is 1. The number of methoxy groups -OCH3 is 2. The zero-order chi connectivity index (χ0) is 24.7. The molecule has 1 atom stereocenters. The van der Waals surface area contributed by atoms with E-state index in [2.05, 4.69) is 12.2 Å². The summed E-state index contributed by atoms with van der Waals surface area (Å²) in [6, 6.07) is 19.4. The van der Waals surface area contributed by atoms with Gasteiger partial charge in [0.2, 0.25) is 0 Å². The molecule has 1 unspecified atom stereocenters. The highest BCUT2D eigenvalue weighted by Gasteiger charge is 2.48. The molecular weight excluding hydrogens is 466 g/mol. The highest BCUT2D eigenvalue weighted by atomic mass is 35.5. The summed E-state index contributed by atoms with van der Waals surface area (Å²) >= 11 is 6.92. The Morgan fingerprint density at radius 3 is 1.94 bits per heavy atom. The largest absolute Gasteiger partial charge is 0.497 e. The van der Waals surface area contributed by atoms with Gasteiger partial charge in [0.1, 0.15) is 24.7 Å². The van der Waals surface area contributed by atoms with Gasteiger partial charge in [-0.25, -0.2) is 0 Å². The average molecular weight is 498 g/mol. The van der Waals surface area contributed by atoms with Gasteiger partial charge in [-0.2, -0.15) is 0 Å². The number of epoxide rings is 1. The Morgan fingerprint density at radius 2 is 1.43 bits per heavy atom. The summed E-state index contributed by atoms with van der Waals surface area (Å²) in [7, 11) is 3.29. The fraction of sp³-hybridized carbons (Fsp3) is 0.357. The second kappa shape index (κ2) is 11.7. The van der Waals surface area contributed by atoms with Crippen molar-refractivity contribution in [3.63, 3.8) is 0 Å². The third-order valence-electron chi connectivity index (χ3n) is 5.97. The van der Waals surface area contributed by atoms with Gasteiger partial charge in [-0.05, 0) is 60.5 Å². The molecule has 35 heavy (non-hydrogen) atoms. The number of unbranched alkanes of at least 4 members (excludes halogenated alkanes) is 1. The summed E-state index contributed by atoms with van der Waals surface area (Å²) < 4.78 is 28.7. The van der Waals surface area contributed by atoms with Crippen molar-refractivity contribution in [2.24, 2.45) is 0 Å². The predicted octanol–water partition coefficient (Wildman–Crippen LogP) is 6.09. The minimum Gasteiger partial charge on any atom is -0.497 e. The molecule has 1 aliphatic heterocycles. The molecule has 4 rings (SSSR count). The van der Waals surface area contributed by atoms with Crippen molar-refractivity contribution in [1.82, 2.24) is 5.32 Å². The molecule has 7 heteroatoms. The summed E-state index contributed by atoms with van der Waals surface area (Å²) in [6.45, 7) is 4.29. The number of halogens is 1.